The first kappa shape index (κ1) is 20.1. The smallest absolute Gasteiger partial charge is 0.275 e. The highest BCUT2D eigenvalue weighted by molar-refractivity contribution is 7.98. The molecule has 1 amide bonds. The molecule has 4 rings (SSSR count). The van der Waals surface area contributed by atoms with Crippen LogP contribution in [-0.4, -0.2) is 20.5 Å². The number of nitrogens with one attached hydrogen (secondary N) is 1. The molecule has 0 radical (unpaired) electrons. The average molecular weight is 429 g/mol. The van der Waals surface area contributed by atoms with Crippen molar-refractivity contribution in [2.75, 3.05) is 5.32 Å². The van der Waals surface area contributed by atoms with Crippen molar-refractivity contribution in [1.29, 1.82) is 0 Å². The number of carbonyl (C=O) groups excluding carboxylic acids is 1. The first-order chi connectivity index (χ1) is 14.1. The Morgan fingerprint density at radius 1 is 1.28 bits per heavy atom. The minimum absolute atomic E-state index is 0.0178. The van der Waals surface area contributed by atoms with E-state index in [4.69, 9.17) is 0 Å². The minimum atomic E-state index is -0.128. The lowest BCUT2D eigenvalue weighted by Crippen LogP contribution is -2.16. The van der Waals surface area contributed by atoms with Crippen LogP contribution in [0.4, 0.5) is 5.69 Å². The molecule has 2 aromatic heterocycles. The van der Waals surface area contributed by atoms with E-state index >= 15 is 0 Å². The van der Waals surface area contributed by atoms with Gasteiger partial charge in [-0.3, -0.25) is 9.59 Å². The second kappa shape index (κ2) is 9.09. The Balaban J connectivity index is 1.53. The van der Waals surface area contributed by atoms with E-state index in [1.807, 2.05) is 31.2 Å². The number of fused-ring (bicyclic) bond motifs is 1. The van der Waals surface area contributed by atoms with Crippen LogP contribution in [0.15, 0.2) is 40.0 Å². The monoisotopic (exact) mass is 428 g/mol. The number of hydrogen-bond donors (Lipinski definition) is 1. The number of thioether (sulfide) groups is 1. The van der Waals surface area contributed by atoms with E-state index in [2.05, 4.69) is 15.4 Å². The Hall–Kier alpha value is -2.19. The number of para-hydroxylation sites is 1. The maximum atomic E-state index is 12.6. The molecule has 1 saturated carbocycles. The number of amides is 1. The van der Waals surface area contributed by atoms with E-state index in [-0.39, 0.29) is 11.5 Å². The highest BCUT2D eigenvalue weighted by atomic mass is 32.2. The van der Waals surface area contributed by atoms with E-state index in [0.717, 1.165) is 34.1 Å². The number of anilines is 1. The average Bonchev–Trinajstić information content (AvgIpc) is 3.18. The van der Waals surface area contributed by atoms with Gasteiger partial charge in [0.2, 0.25) is 10.9 Å². The fourth-order valence-electron chi connectivity index (χ4n) is 3.55. The second-order valence-electron chi connectivity index (χ2n) is 7.24. The number of aromatic nitrogens is 3. The predicted molar refractivity (Wildman–Crippen MR) is 118 cm³/mol. The maximum absolute atomic E-state index is 12.6. The number of benzene rings is 1. The summed E-state index contributed by atoms with van der Waals surface area (Å²) in [4.78, 5) is 30.6. The van der Waals surface area contributed by atoms with Gasteiger partial charge in [0.25, 0.3) is 5.56 Å². The van der Waals surface area contributed by atoms with Crippen LogP contribution < -0.4 is 10.9 Å². The van der Waals surface area contributed by atoms with Crippen LogP contribution in [0.1, 0.15) is 62.1 Å². The molecule has 2 heterocycles. The largest absolute Gasteiger partial charge is 0.325 e. The van der Waals surface area contributed by atoms with Crippen molar-refractivity contribution in [3.8, 4) is 0 Å². The van der Waals surface area contributed by atoms with Gasteiger partial charge in [-0.1, -0.05) is 49.7 Å². The highest BCUT2D eigenvalue weighted by Gasteiger charge is 2.20. The third kappa shape index (κ3) is 4.70. The van der Waals surface area contributed by atoms with Crippen LogP contribution in [0.5, 0.6) is 0 Å². The van der Waals surface area contributed by atoms with Gasteiger partial charge in [0.1, 0.15) is 5.01 Å². The molecular formula is C21H24N4O2S2. The van der Waals surface area contributed by atoms with Crippen molar-refractivity contribution in [2.24, 2.45) is 0 Å². The Morgan fingerprint density at radius 2 is 2.07 bits per heavy atom. The molecular weight excluding hydrogens is 404 g/mol. The van der Waals surface area contributed by atoms with Gasteiger partial charge >= 0.3 is 0 Å². The zero-order chi connectivity index (χ0) is 20.2. The van der Waals surface area contributed by atoms with Crippen LogP contribution in [0.25, 0.3) is 4.96 Å². The number of rotatable bonds is 6. The summed E-state index contributed by atoms with van der Waals surface area (Å²) in [5.41, 5.74) is 1.39. The SMILES string of the molecule is CCC(=O)Nc1ccccc1SCc1cc(=O)n2nc(C3CCCCC3)sc2n1. The zero-order valence-electron chi connectivity index (χ0n) is 16.4. The summed E-state index contributed by atoms with van der Waals surface area (Å²) in [6.45, 7) is 1.83. The summed E-state index contributed by atoms with van der Waals surface area (Å²) in [7, 11) is 0. The van der Waals surface area contributed by atoms with Crippen molar-refractivity contribution in [3.63, 3.8) is 0 Å². The van der Waals surface area contributed by atoms with Crippen LogP contribution in [0.2, 0.25) is 0 Å². The van der Waals surface area contributed by atoms with Gasteiger partial charge in [-0.25, -0.2) is 4.98 Å². The molecule has 152 valence electrons. The maximum Gasteiger partial charge on any atom is 0.275 e. The minimum Gasteiger partial charge on any atom is -0.325 e. The third-order valence-electron chi connectivity index (χ3n) is 5.13. The Bertz CT molecular complexity index is 1070. The van der Waals surface area contributed by atoms with Gasteiger partial charge in [0, 0.05) is 29.1 Å². The predicted octanol–water partition coefficient (Wildman–Crippen LogP) is 4.84. The molecule has 1 aliphatic carbocycles. The van der Waals surface area contributed by atoms with Crippen molar-refractivity contribution >= 4 is 39.7 Å². The molecule has 1 fully saturated rings. The fourth-order valence-corrected chi connectivity index (χ4v) is 5.54. The van der Waals surface area contributed by atoms with Crippen molar-refractivity contribution in [3.05, 3.63) is 51.4 Å². The van der Waals surface area contributed by atoms with Gasteiger partial charge in [0.15, 0.2) is 0 Å². The number of carbonyl (C=O) groups is 1. The normalized spacial score (nSPS) is 14.9. The number of hydrogen-bond acceptors (Lipinski definition) is 6. The lowest BCUT2D eigenvalue weighted by molar-refractivity contribution is -0.115. The summed E-state index contributed by atoms with van der Waals surface area (Å²) in [6.07, 6.45) is 6.50. The Labute approximate surface area is 177 Å². The summed E-state index contributed by atoms with van der Waals surface area (Å²) in [6, 6.07) is 9.26. The fraction of sp³-hybridized carbons (Fsp3) is 0.429. The molecule has 0 aliphatic heterocycles. The third-order valence-corrected chi connectivity index (χ3v) is 7.30. The molecule has 0 spiro atoms. The van der Waals surface area contributed by atoms with Crippen LogP contribution in [0, 0.1) is 0 Å². The van der Waals surface area contributed by atoms with E-state index in [0.29, 0.717) is 23.1 Å². The van der Waals surface area contributed by atoms with Gasteiger partial charge in [-0.15, -0.1) is 11.8 Å². The van der Waals surface area contributed by atoms with Gasteiger partial charge in [-0.05, 0) is 25.0 Å². The van der Waals surface area contributed by atoms with E-state index in [1.54, 1.807) is 29.2 Å². The molecule has 1 aromatic carbocycles. The molecule has 0 bridgehead atoms. The van der Waals surface area contributed by atoms with Crippen LogP contribution in [0.3, 0.4) is 0 Å². The molecule has 0 atom stereocenters. The molecule has 3 aromatic rings. The molecule has 0 saturated heterocycles. The first-order valence-corrected chi connectivity index (χ1v) is 11.9. The molecule has 0 unspecified atom stereocenters. The van der Waals surface area contributed by atoms with Crippen molar-refractivity contribution in [1.82, 2.24) is 14.6 Å². The molecule has 1 aliphatic rings. The summed E-state index contributed by atoms with van der Waals surface area (Å²) in [5.74, 6) is 0.999. The van der Waals surface area contributed by atoms with E-state index < -0.39 is 0 Å². The van der Waals surface area contributed by atoms with E-state index in [1.165, 1.54) is 23.8 Å². The van der Waals surface area contributed by atoms with E-state index in [9.17, 15) is 9.59 Å². The standard InChI is InChI=1S/C21H24N4O2S2/c1-2-18(26)23-16-10-6-7-11-17(16)28-13-15-12-19(27)25-21(22-15)29-20(24-25)14-8-4-3-5-9-14/h6-7,10-12,14H,2-5,8-9,13H2,1H3,(H,23,26). The quantitative estimate of drug-likeness (QED) is 0.569. The molecule has 8 heteroatoms. The first-order valence-electron chi connectivity index (χ1n) is 10.1. The van der Waals surface area contributed by atoms with Crippen LogP contribution >= 0.6 is 23.1 Å². The zero-order valence-corrected chi connectivity index (χ0v) is 18.0. The summed E-state index contributed by atoms with van der Waals surface area (Å²) < 4.78 is 1.44. The molecule has 29 heavy (non-hydrogen) atoms. The molecule has 6 nitrogen and oxygen atoms in total. The lowest BCUT2D eigenvalue weighted by atomic mass is 9.90. The summed E-state index contributed by atoms with van der Waals surface area (Å²) >= 11 is 3.11. The van der Waals surface area contributed by atoms with Crippen LogP contribution in [-0.2, 0) is 10.5 Å². The van der Waals surface area contributed by atoms with Crippen molar-refractivity contribution in [2.45, 2.75) is 62.0 Å². The highest BCUT2D eigenvalue weighted by Crippen LogP contribution is 2.34. The number of nitrogens with zero attached hydrogens (tertiary/aromatic N) is 3. The Kier molecular flexibility index (Phi) is 6.30. The molecule has 1 N–H and O–H groups in total. The lowest BCUT2D eigenvalue weighted by Gasteiger charge is -2.18. The Morgan fingerprint density at radius 3 is 2.86 bits per heavy atom. The summed E-state index contributed by atoms with van der Waals surface area (Å²) in [5, 5.41) is 8.51. The van der Waals surface area contributed by atoms with Gasteiger partial charge in [-0.2, -0.15) is 9.61 Å². The van der Waals surface area contributed by atoms with Crippen molar-refractivity contribution < 1.29 is 4.79 Å². The van der Waals surface area contributed by atoms with Gasteiger partial charge in [0.05, 0.1) is 11.4 Å². The second-order valence-corrected chi connectivity index (χ2v) is 9.25. The topological polar surface area (TPSA) is 76.4 Å². The van der Waals surface area contributed by atoms with Gasteiger partial charge < -0.3 is 5.32 Å².